The molecule has 0 saturated carbocycles. The van der Waals surface area contributed by atoms with E-state index in [1.165, 1.54) is 17.5 Å². The molecule has 0 aliphatic rings. The second-order valence-corrected chi connectivity index (χ2v) is 5.40. The van der Waals surface area contributed by atoms with Crippen LogP contribution in [0, 0.1) is 5.92 Å². The molecule has 2 heteroatoms. The van der Waals surface area contributed by atoms with E-state index in [0.717, 1.165) is 25.4 Å². The Morgan fingerprint density at radius 2 is 1.84 bits per heavy atom. The van der Waals surface area contributed by atoms with Crippen LogP contribution in [0.25, 0.3) is 0 Å². The van der Waals surface area contributed by atoms with Gasteiger partial charge in [0.1, 0.15) is 0 Å². The molecule has 0 aromatic heterocycles. The molecular weight excluding hydrogens is 232 g/mol. The highest BCUT2D eigenvalue weighted by atomic mass is 15.2. The first-order chi connectivity index (χ1) is 9.17. The van der Waals surface area contributed by atoms with E-state index in [1.54, 1.807) is 0 Å². The summed E-state index contributed by atoms with van der Waals surface area (Å²) in [5, 5.41) is 0. The molecule has 0 saturated heterocycles. The molecule has 2 atom stereocenters. The number of rotatable bonds is 8. The van der Waals surface area contributed by atoms with Crippen molar-refractivity contribution < 1.29 is 0 Å². The van der Waals surface area contributed by atoms with Crippen molar-refractivity contribution in [3.63, 3.8) is 0 Å². The second-order valence-electron chi connectivity index (χ2n) is 5.40. The summed E-state index contributed by atoms with van der Waals surface area (Å²) in [4.78, 5) is 2.53. The molecule has 0 spiro atoms. The summed E-state index contributed by atoms with van der Waals surface area (Å²) in [7, 11) is 0. The fourth-order valence-electron chi connectivity index (χ4n) is 2.66. The fourth-order valence-corrected chi connectivity index (χ4v) is 2.66. The van der Waals surface area contributed by atoms with Gasteiger partial charge < -0.3 is 5.73 Å². The normalized spacial score (nSPS) is 14.6. The Hall–Kier alpha value is -0.860. The van der Waals surface area contributed by atoms with Gasteiger partial charge >= 0.3 is 0 Å². The summed E-state index contributed by atoms with van der Waals surface area (Å²) in [5.74, 6) is 0.725. The van der Waals surface area contributed by atoms with Crippen molar-refractivity contribution in [1.29, 1.82) is 0 Å². The van der Waals surface area contributed by atoms with Crippen LogP contribution in [0.2, 0.25) is 0 Å². The van der Waals surface area contributed by atoms with Crippen LogP contribution in [-0.4, -0.2) is 24.5 Å². The minimum atomic E-state index is 0.357. The fraction of sp³-hybridized carbons (Fsp3) is 0.647. The van der Waals surface area contributed by atoms with Crippen LogP contribution in [0.1, 0.15) is 51.3 Å². The highest BCUT2D eigenvalue weighted by molar-refractivity contribution is 5.30. The number of hydrogen-bond donors (Lipinski definition) is 1. The SMILES string of the molecule is CCc1ccccc1C(CN)N(CC)CC(C)CC. The van der Waals surface area contributed by atoms with E-state index in [4.69, 9.17) is 5.73 Å². The molecule has 0 fully saturated rings. The molecule has 1 aromatic rings. The highest BCUT2D eigenvalue weighted by Crippen LogP contribution is 2.25. The monoisotopic (exact) mass is 262 g/mol. The predicted octanol–water partition coefficient (Wildman–Crippen LogP) is 3.62. The maximum Gasteiger partial charge on any atom is 0.0473 e. The third-order valence-corrected chi connectivity index (χ3v) is 4.11. The Bertz CT molecular complexity index is 362. The van der Waals surface area contributed by atoms with Crippen molar-refractivity contribution >= 4 is 0 Å². The average Bonchev–Trinajstić information content (AvgIpc) is 2.47. The Labute approximate surface area is 119 Å². The molecule has 0 heterocycles. The van der Waals surface area contributed by atoms with Crippen molar-refractivity contribution in [3.05, 3.63) is 35.4 Å². The van der Waals surface area contributed by atoms with Crippen LogP contribution in [0.15, 0.2) is 24.3 Å². The van der Waals surface area contributed by atoms with Gasteiger partial charge in [-0.15, -0.1) is 0 Å². The lowest BCUT2D eigenvalue weighted by molar-refractivity contribution is 0.181. The first-order valence-electron chi connectivity index (χ1n) is 7.69. The summed E-state index contributed by atoms with van der Waals surface area (Å²) in [6.45, 7) is 11.9. The second kappa shape index (κ2) is 8.34. The minimum absolute atomic E-state index is 0.357. The molecule has 2 nitrogen and oxygen atoms in total. The number of nitrogens with two attached hydrogens (primary N) is 1. The number of likely N-dealkylation sites (N-methyl/N-ethyl adjacent to an activating group) is 1. The van der Waals surface area contributed by atoms with Crippen molar-refractivity contribution in [2.24, 2.45) is 11.7 Å². The summed E-state index contributed by atoms with van der Waals surface area (Å²) >= 11 is 0. The maximum atomic E-state index is 6.08. The van der Waals surface area contributed by atoms with Crippen LogP contribution in [0.5, 0.6) is 0 Å². The average molecular weight is 262 g/mol. The zero-order valence-corrected chi connectivity index (χ0v) is 13.0. The zero-order chi connectivity index (χ0) is 14.3. The van der Waals surface area contributed by atoms with E-state index >= 15 is 0 Å². The van der Waals surface area contributed by atoms with Crippen LogP contribution >= 0.6 is 0 Å². The highest BCUT2D eigenvalue weighted by Gasteiger charge is 2.20. The lowest BCUT2D eigenvalue weighted by Gasteiger charge is -2.33. The minimum Gasteiger partial charge on any atom is -0.329 e. The first-order valence-corrected chi connectivity index (χ1v) is 7.69. The Balaban J connectivity index is 2.96. The molecule has 0 aliphatic carbocycles. The van der Waals surface area contributed by atoms with E-state index in [-0.39, 0.29) is 0 Å². The van der Waals surface area contributed by atoms with E-state index in [0.29, 0.717) is 12.6 Å². The molecule has 108 valence electrons. The van der Waals surface area contributed by atoms with Crippen LogP contribution < -0.4 is 5.73 Å². The van der Waals surface area contributed by atoms with Gasteiger partial charge in [0.15, 0.2) is 0 Å². The molecular formula is C17H30N2. The largest absolute Gasteiger partial charge is 0.329 e. The molecule has 0 aliphatic heterocycles. The van der Waals surface area contributed by atoms with Crippen molar-refractivity contribution in [3.8, 4) is 0 Å². The van der Waals surface area contributed by atoms with Gasteiger partial charge in [-0.05, 0) is 30.0 Å². The van der Waals surface area contributed by atoms with Gasteiger partial charge in [0.05, 0.1) is 0 Å². The number of hydrogen-bond acceptors (Lipinski definition) is 2. The predicted molar refractivity (Wildman–Crippen MR) is 84.3 cm³/mol. The molecule has 1 rings (SSSR count). The van der Waals surface area contributed by atoms with E-state index in [9.17, 15) is 0 Å². The van der Waals surface area contributed by atoms with Crippen molar-refractivity contribution in [1.82, 2.24) is 4.90 Å². The van der Waals surface area contributed by atoms with Gasteiger partial charge in [0, 0.05) is 19.1 Å². The topological polar surface area (TPSA) is 29.3 Å². The van der Waals surface area contributed by atoms with Gasteiger partial charge in [-0.2, -0.15) is 0 Å². The summed E-state index contributed by atoms with van der Waals surface area (Å²) in [6, 6.07) is 9.09. The molecule has 2 N–H and O–H groups in total. The quantitative estimate of drug-likeness (QED) is 0.775. The van der Waals surface area contributed by atoms with Crippen molar-refractivity contribution in [2.45, 2.75) is 46.6 Å². The summed E-state index contributed by atoms with van der Waals surface area (Å²) in [6.07, 6.45) is 2.30. The first kappa shape index (κ1) is 16.2. The number of benzene rings is 1. The van der Waals surface area contributed by atoms with Crippen LogP contribution in [-0.2, 0) is 6.42 Å². The van der Waals surface area contributed by atoms with Gasteiger partial charge in [-0.25, -0.2) is 0 Å². The van der Waals surface area contributed by atoms with Gasteiger partial charge in [-0.1, -0.05) is 58.4 Å². The molecule has 0 bridgehead atoms. The maximum absolute atomic E-state index is 6.08. The Kier molecular flexibility index (Phi) is 7.11. The van der Waals surface area contributed by atoms with E-state index < -0.39 is 0 Å². The lowest BCUT2D eigenvalue weighted by Crippen LogP contribution is -2.37. The third kappa shape index (κ3) is 4.32. The van der Waals surface area contributed by atoms with Crippen LogP contribution in [0.4, 0.5) is 0 Å². The Morgan fingerprint density at radius 3 is 2.37 bits per heavy atom. The number of nitrogens with zero attached hydrogens (tertiary/aromatic N) is 1. The molecule has 1 aromatic carbocycles. The van der Waals surface area contributed by atoms with E-state index in [1.807, 2.05) is 0 Å². The molecule has 0 radical (unpaired) electrons. The third-order valence-electron chi connectivity index (χ3n) is 4.11. The smallest absolute Gasteiger partial charge is 0.0473 e. The van der Waals surface area contributed by atoms with Gasteiger partial charge in [0.25, 0.3) is 0 Å². The number of aryl methyl sites for hydroxylation is 1. The Morgan fingerprint density at radius 1 is 1.16 bits per heavy atom. The van der Waals surface area contributed by atoms with Crippen molar-refractivity contribution in [2.75, 3.05) is 19.6 Å². The molecule has 0 amide bonds. The summed E-state index contributed by atoms with van der Waals surface area (Å²) in [5.41, 5.74) is 8.93. The van der Waals surface area contributed by atoms with E-state index in [2.05, 4.69) is 56.9 Å². The summed E-state index contributed by atoms with van der Waals surface area (Å²) < 4.78 is 0. The lowest BCUT2D eigenvalue weighted by atomic mass is 9.96. The molecule has 19 heavy (non-hydrogen) atoms. The zero-order valence-electron chi connectivity index (χ0n) is 13.0. The van der Waals surface area contributed by atoms with Gasteiger partial charge in [-0.3, -0.25) is 4.90 Å². The molecule has 2 unspecified atom stereocenters. The van der Waals surface area contributed by atoms with Gasteiger partial charge in [0.2, 0.25) is 0 Å². The standard InChI is InChI=1S/C17H30N2/c1-5-14(4)13-19(7-3)17(12-18)16-11-9-8-10-15(16)6-2/h8-11,14,17H,5-7,12-13,18H2,1-4H3. The van der Waals surface area contributed by atoms with Crippen LogP contribution in [0.3, 0.4) is 0 Å².